The number of ketones is 1. The number of rotatable bonds is 7. The van der Waals surface area contributed by atoms with E-state index in [1.54, 1.807) is 36.4 Å². The summed E-state index contributed by atoms with van der Waals surface area (Å²) in [5.41, 5.74) is 3.72. The highest BCUT2D eigenvalue weighted by atomic mass is 16.5. The molecule has 1 aliphatic heterocycles. The normalized spacial score (nSPS) is 16.8. The van der Waals surface area contributed by atoms with Crippen LogP contribution in [0.2, 0.25) is 0 Å². The van der Waals surface area contributed by atoms with Crippen LogP contribution in [-0.2, 0) is 26.2 Å². The van der Waals surface area contributed by atoms with E-state index in [-0.39, 0.29) is 22.7 Å². The molecule has 4 rings (SSSR count). The Bertz CT molecular complexity index is 1480. The fraction of sp³-hybridized carbons (Fsp3) is 0.303. The van der Waals surface area contributed by atoms with Crippen LogP contribution in [0.4, 0.5) is 11.4 Å². The Balaban J connectivity index is 1.93. The first-order chi connectivity index (χ1) is 19.0. The molecule has 1 fully saturated rings. The van der Waals surface area contributed by atoms with Crippen LogP contribution in [0.25, 0.3) is 5.76 Å². The Labute approximate surface area is 235 Å². The van der Waals surface area contributed by atoms with Gasteiger partial charge < -0.3 is 15.2 Å². The predicted octanol–water partition coefficient (Wildman–Crippen LogP) is 6.53. The molecule has 1 atom stereocenters. The molecule has 0 radical (unpaired) electrons. The van der Waals surface area contributed by atoms with Gasteiger partial charge in [0.25, 0.3) is 11.7 Å². The van der Waals surface area contributed by atoms with Crippen molar-refractivity contribution in [3.05, 3.63) is 94.6 Å². The Morgan fingerprint density at radius 2 is 1.70 bits per heavy atom. The summed E-state index contributed by atoms with van der Waals surface area (Å²) in [6.45, 7) is 12.0. The fourth-order valence-corrected chi connectivity index (χ4v) is 4.99. The van der Waals surface area contributed by atoms with Crippen molar-refractivity contribution >= 4 is 34.7 Å². The molecule has 3 aromatic carbocycles. The lowest BCUT2D eigenvalue weighted by atomic mass is 9.84. The van der Waals surface area contributed by atoms with Gasteiger partial charge in [-0.1, -0.05) is 58.0 Å². The maximum atomic E-state index is 13.6. The molecular formula is C33H36N2O5. The molecule has 1 unspecified atom stereocenters. The maximum Gasteiger partial charge on any atom is 0.300 e. The number of aliphatic hydroxyl groups excluding tert-OH is 1. The molecule has 1 aliphatic rings. The van der Waals surface area contributed by atoms with Crippen molar-refractivity contribution < 1.29 is 24.2 Å². The van der Waals surface area contributed by atoms with Gasteiger partial charge in [-0.15, -0.1) is 0 Å². The number of carbonyl (C=O) groups excluding carboxylic acids is 3. The average Bonchev–Trinajstić information content (AvgIpc) is 3.18. The molecule has 0 bridgehead atoms. The van der Waals surface area contributed by atoms with Gasteiger partial charge in [0, 0.05) is 29.4 Å². The largest absolute Gasteiger partial charge is 0.507 e. The summed E-state index contributed by atoms with van der Waals surface area (Å²) < 4.78 is 5.83. The quantitative estimate of drug-likeness (QED) is 0.202. The minimum absolute atomic E-state index is 0.00296. The molecule has 208 valence electrons. The monoisotopic (exact) mass is 540 g/mol. The van der Waals surface area contributed by atoms with Crippen molar-refractivity contribution in [2.24, 2.45) is 0 Å². The van der Waals surface area contributed by atoms with E-state index in [4.69, 9.17) is 4.74 Å². The molecule has 2 amide bonds. The molecule has 1 heterocycles. The van der Waals surface area contributed by atoms with E-state index in [1.165, 1.54) is 11.8 Å². The first kappa shape index (κ1) is 28.6. The summed E-state index contributed by atoms with van der Waals surface area (Å²) in [6, 6.07) is 18.9. The molecule has 7 heteroatoms. The van der Waals surface area contributed by atoms with Crippen LogP contribution in [0.15, 0.2) is 72.3 Å². The summed E-state index contributed by atoms with van der Waals surface area (Å²) in [5.74, 6) is -1.34. The van der Waals surface area contributed by atoms with Crippen LogP contribution in [0, 0.1) is 0 Å². The number of nitrogens with one attached hydrogen (secondary N) is 1. The zero-order chi connectivity index (χ0) is 29.2. The van der Waals surface area contributed by atoms with Crippen molar-refractivity contribution in [3.8, 4) is 5.75 Å². The van der Waals surface area contributed by atoms with E-state index in [9.17, 15) is 19.5 Å². The van der Waals surface area contributed by atoms with Crippen LogP contribution in [-0.4, -0.2) is 29.3 Å². The van der Waals surface area contributed by atoms with Crippen LogP contribution >= 0.6 is 0 Å². The average molecular weight is 541 g/mol. The zero-order valence-electron chi connectivity index (χ0n) is 23.9. The van der Waals surface area contributed by atoms with Gasteiger partial charge in [0.1, 0.15) is 11.5 Å². The zero-order valence-corrected chi connectivity index (χ0v) is 23.9. The van der Waals surface area contributed by atoms with Gasteiger partial charge >= 0.3 is 0 Å². The number of Topliss-reactive ketones (excluding diaryl/α,β-unsaturated/α-hetero) is 1. The summed E-state index contributed by atoms with van der Waals surface area (Å²) in [5, 5.41) is 14.4. The number of aliphatic hydroxyl groups is 1. The van der Waals surface area contributed by atoms with Gasteiger partial charge in [0.15, 0.2) is 0 Å². The molecular weight excluding hydrogens is 504 g/mol. The second-order valence-corrected chi connectivity index (χ2v) is 10.9. The molecule has 7 nitrogen and oxygen atoms in total. The SMILES string of the molecule is CCOc1ccc(/C(O)=C2/C(=O)C(=O)N(c3cccc(NC(C)=O)c3)C2c2ccc(CC)cc2)cc1C(C)(C)C. The van der Waals surface area contributed by atoms with Crippen LogP contribution < -0.4 is 15.0 Å². The van der Waals surface area contributed by atoms with Gasteiger partial charge in [-0.05, 0) is 66.3 Å². The molecule has 2 N–H and O–H groups in total. The lowest BCUT2D eigenvalue weighted by molar-refractivity contribution is -0.132. The summed E-state index contributed by atoms with van der Waals surface area (Å²) in [6.07, 6.45) is 0.834. The minimum atomic E-state index is -0.872. The summed E-state index contributed by atoms with van der Waals surface area (Å²) in [4.78, 5) is 40.3. The number of anilines is 2. The molecule has 3 aromatic rings. The molecule has 1 saturated heterocycles. The number of carbonyl (C=O) groups is 3. The number of aryl methyl sites for hydroxylation is 1. The van der Waals surface area contributed by atoms with Gasteiger partial charge in [-0.2, -0.15) is 0 Å². The Morgan fingerprint density at radius 3 is 2.30 bits per heavy atom. The third kappa shape index (κ3) is 5.64. The number of benzene rings is 3. The number of amides is 2. The Hall–Kier alpha value is -4.39. The first-order valence-corrected chi connectivity index (χ1v) is 13.5. The highest BCUT2D eigenvalue weighted by molar-refractivity contribution is 6.51. The van der Waals surface area contributed by atoms with Crippen molar-refractivity contribution in [1.82, 2.24) is 0 Å². The van der Waals surface area contributed by atoms with E-state index >= 15 is 0 Å². The Kier molecular flexibility index (Phi) is 8.14. The molecule has 0 aromatic heterocycles. The van der Waals surface area contributed by atoms with Gasteiger partial charge in [0.2, 0.25) is 5.91 Å². The smallest absolute Gasteiger partial charge is 0.300 e. The second kappa shape index (κ2) is 11.4. The van der Waals surface area contributed by atoms with E-state index in [1.807, 2.05) is 65.0 Å². The van der Waals surface area contributed by atoms with Gasteiger partial charge in [-0.25, -0.2) is 0 Å². The lowest BCUT2D eigenvalue weighted by Gasteiger charge is -2.26. The van der Waals surface area contributed by atoms with Crippen molar-refractivity contribution in [2.45, 2.75) is 59.4 Å². The van der Waals surface area contributed by atoms with E-state index < -0.39 is 17.7 Å². The molecule has 0 spiro atoms. The second-order valence-electron chi connectivity index (χ2n) is 10.9. The van der Waals surface area contributed by atoms with Crippen molar-refractivity contribution in [2.75, 3.05) is 16.8 Å². The number of ether oxygens (including phenoxy) is 1. The third-order valence-corrected chi connectivity index (χ3v) is 6.95. The van der Waals surface area contributed by atoms with Crippen molar-refractivity contribution in [1.29, 1.82) is 0 Å². The lowest BCUT2D eigenvalue weighted by Crippen LogP contribution is -2.29. The fourth-order valence-electron chi connectivity index (χ4n) is 4.99. The van der Waals surface area contributed by atoms with E-state index in [0.717, 1.165) is 17.5 Å². The maximum absolute atomic E-state index is 13.6. The number of hydrogen-bond acceptors (Lipinski definition) is 5. The van der Waals surface area contributed by atoms with Crippen LogP contribution in [0.3, 0.4) is 0 Å². The summed E-state index contributed by atoms with van der Waals surface area (Å²) >= 11 is 0. The summed E-state index contributed by atoms with van der Waals surface area (Å²) in [7, 11) is 0. The number of nitrogens with zero attached hydrogens (tertiary/aromatic N) is 1. The number of hydrogen-bond donors (Lipinski definition) is 2. The molecule has 0 saturated carbocycles. The third-order valence-electron chi connectivity index (χ3n) is 6.95. The van der Waals surface area contributed by atoms with E-state index in [0.29, 0.717) is 34.9 Å². The first-order valence-electron chi connectivity index (χ1n) is 13.5. The highest BCUT2D eigenvalue weighted by Crippen LogP contribution is 2.43. The van der Waals surface area contributed by atoms with Gasteiger partial charge in [-0.3, -0.25) is 19.3 Å². The standard InChI is InChI=1S/C33H36N2O5/c1-7-21-12-14-22(15-13-21)29-28(30(37)23-16-17-27(40-8-2)26(18-23)33(4,5)6)31(38)32(39)35(29)25-11-9-10-24(19-25)34-20(3)36/h9-19,29,37H,7-8H2,1-6H3,(H,34,36)/b30-28-. The van der Waals surface area contributed by atoms with Crippen LogP contribution in [0.5, 0.6) is 5.75 Å². The molecule has 40 heavy (non-hydrogen) atoms. The molecule has 0 aliphatic carbocycles. The van der Waals surface area contributed by atoms with E-state index in [2.05, 4.69) is 5.32 Å². The van der Waals surface area contributed by atoms with Gasteiger partial charge in [0.05, 0.1) is 18.2 Å². The predicted molar refractivity (Wildman–Crippen MR) is 158 cm³/mol. The minimum Gasteiger partial charge on any atom is -0.507 e. The Morgan fingerprint density at radius 1 is 1.00 bits per heavy atom. The highest BCUT2D eigenvalue weighted by Gasteiger charge is 2.47. The van der Waals surface area contributed by atoms with Crippen molar-refractivity contribution in [3.63, 3.8) is 0 Å². The van der Waals surface area contributed by atoms with Crippen LogP contribution in [0.1, 0.15) is 69.8 Å². The topological polar surface area (TPSA) is 95.9 Å².